The van der Waals surface area contributed by atoms with E-state index in [4.69, 9.17) is 4.74 Å². The molecule has 0 aliphatic carbocycles. The number of nitrogens with one attached hydrogen (secondary N) is 2. The van der Waals surface area contributed by atoms with Gasteiger partial charge in [0, 0.05) is 31.0 Å². The third kappa shape index (κ3) is 4.55. The van der Waals surface area contributed by atoms with Crippen molar-refractivity contribution in [3.63, 3.8) is 0 Å². The predicted octanol–water partition coefficient (Wildman–Crippen LogP) is 1.77. The number of hydrogen-bond acceptors (Lipinski definition) is 3. The van der Waals surface area contributed by atoms with Crippen molar-refractivity contribution in [2.75, 3.05) is 26.3 Å². The number of benzene rings is 1. The highest BCUT2D eigenvalue weighted by Gasteiger charge is 2.24. The SMILES string of the molecule is Cc1ccccc1C(C)(C)CNC(=O)CC1COCCN1. The predicted molar refractivity (Wildman–Crippen MR) is 84.4 cm³/mol. The number of hydrogen-bond donors (Lipinski definition) is 2. The molecule has 4 heteroatoms. The Hall–Kier alpha value is -1.39. The van der Waals surface area contributed by atoms with Gasteiger partial charge in [-0.2, -0.15) is 0 Å². The summed E-state index contributed by atoms with van der Waals surface area (Å²) in [7, 11) is 0. The molecule has 1 amide bonds. The molecule has 0 spiro atoms. The monoisotopic (exact) mass is 290 g/mol. The molecular weight excluding hydrogens is 264 g/mol. The maximum atomic E-state index is 12.1. The van der Waals surface area contributed by atoms with E-state index in [1.807, 2.05) is 6.07 Å². The van der Waals surface area contributed by atoms with Crippen LogP contribution in [0.5, 0.6) is 0 Å². The average molecular weight is 290 g/mol. The molecular formula is C17H26N2O2. The average Bonchev–Trinajstić information content (AvgIpc) is 2.47. The smallest absolute Gasteiger partial charge is 0.221 e. The number of carbonyl (C=O) groups excluding carboxylic acids is 1. The van der Waals surface area contributed by atoms with Crippen LogP contribution in [0.2, 0.25) is 0 Å². The van der Waals surface area contributed by atoms with Crippen LogP contribution in [-0.4, -0.2) is 38.3 Å². The minimum atomic E-state index is -0.0719. The highest BCUT2D eigenvalue weighted by molar-refractivity contribution is 5.76. The molecule has 0 bridgehead atoms. The molecule has 4 nitrogen and oxygen atoms in total. The van der Waals surface area contributed by atoms with Crippen LogP contribution in [0.4, 0.5) is 0 Å². The first kappa shape index (κ1) is 16.0. The van der Waals surface area contributed by atoms with E-state index in [0.29, 0.717) is 19.6 Å². The Morgan fingerprint density at radius 2 is 2.19 bits per heavy atom. The lowest BCUT2D eigenvalue weighted by Crippen LogP contribution is -2.45. The van der Waals surface area contributed by atoms with Crippen LogP contribution in [-0.2, 0) is 14.9 Å². The lowest BCUT2D eigenvalue weighted by molar-refractivity contribution is -0.122. The zero-order valence-electron chi connectivity index (χ0n) is 13.2. The van der Waals surface area contributed by atoms with E-state index in [0.717, 1.165) is 13.2 Å². The van der Waals surface area contributed by atoms with Gasteiger partial charge in [0.2, 0.25) is 5.91 Å². The van der Waals surface area contributed by atoms with Crippen LogP contribution >= 0.6 is 0 Å². The molecule has 1 fully saturated rings. The zero-order chi connectivity index (χ0) is 15.3. The molecule has 1 aliphatic rings. The van der Waals surface area contributed by atoms with E-state index in [9.17, 15) is 4.79 Å². The summed E-state index contributed by atoms with van der Waals surface area (Å²) in [4.78, 5) is 12.1. The van der Waals surface area contributed by atoms with E-state index in [1.54, 1.807) is 0 Å². The fourth-order valence-corrected chi connectivity index (χ4v) is 2.79. The molecule has 1 atom stereocenters. The van der Waals surface area contributed by atoms with E-state index in [1.165, 1.54) is 11.1 Å². The van der Waals surface area contributed by atoms with Gasteiger partial charge in [-0.25, -0.2) is 0 Å². The Bertz CT molecular complexity index is 479. The van der Waals surface area contributed by atoms with Gasteiger partial charge in [-0.05, 0) is 18.1 Å². The molecule has 0 saturated carbocycles. The summed E-state index contributed by atoms with van der Waals surface area (Å²) in [5, 5.41) is 6.36. The van der Waals surface area contributed by atoms with Gasteiger partial charge in [0.1, 0.15) is 0 Å². The molecule has 1 saturated heterocycles. The minimum absolute atomic E-state index is 0.0719. The van der Waals surface area contributed by atoms with Gasteiger partial charge in [-0.15, -0.1) is 0 Å². The zero-order valence-corrected chi connectivity index (χ0v) is 13.2. The van der Waals surface area contributed by atoms with Crippen LogP contribution in [0, 0.1) is 6.92 Å². The molecule has 21 heavy (non-hydrogen) atoms. The van der Waals surface area contributed by atoms with Gasteiger partial charge in [0.15, 0.2) is 0 Å². The highest BCUT2D eigenvalue weighted by atomic mass is 16.5. The maximum Gasteiger partial charge on any atom is 0.221 e. The third-order valence-corrected chi connectivity index (χ3v) is 4.03. The van der Waals surface area contributed by atoms with Crippen LogP contribution < -0.4 is 10.6 Å². The quantitative estimate of drug-likeness (QED) is 0.869. The maximum absolute atomic E-state index is 12.1. The van der Waals surface area contributed by atoms with Crippen LogP contribution in [0.25, 0.3) is 0 Å². The summed E-state index contributed by atoms with van der Waals surface area (Å²) in [6.45, 7) is 9.27. The van der Waals surface area contributed by atoms with Crippen molar-refractivity contribution in [2.24, 2.45) is 0 Å². The van der Waals surface area contributed by atoms with Crippen molar-refractivity contribution < 1.29 is 9.53 Å². The first-order valence-electron chi connectivity index (χ1n) is 7.63. The standard InChI is InChI=1S/C17H26N2O2/c1-13-6-4-5-7-15(13)17(2,3)12-19-16(20)10-14-11-21-9-8-18-14/h4-7,14,18H,8-12H2,1-3H3,(H,19,20). The second-order valence-corrected chi connectivity index (χ2v) is 6.41. The van der Waals surface area contributed by atoms with Gasteiger partial charge in [0.25, 0.3) is 0 Å². The number of ether oxygens (including phenoxy) is 1. The molecule has 1 heterocycles. The summed E-state index contributed by atoms with van der Waals surface area (Å²) < 4.78 is 5.37. The van der Waals surface area contributed by atoms with Gasteiger partial charge in [-0.1, -0.05) is 38.1 Å². The summed E-state index contributed by atoms with van der Waals surface area (Å²) in [6, 6.07) is 8.48. The largest absolute Gasteiger partial charge is 0.378 e. The number of aryl methyl sites for hydroxylation is 1. The fourth-order valence-electron chi connectivity index (χ4n) is 2.79. The molecule has 1 aliphatic heterocycles. The number of carbonyl (C=O) groups is 1. The van der Waals surface area contributed by atoms with Crippen molar-refractivity contribution in [3.8, 4) is 0 Å². The number of morpholine rings is 1. The van der Waals surface area contributed by atoms with Gasteiger partial charge >= 0.3 is 0 Å². The van der Waals surface area contributed by atoms with Crippen LogP contribution in [0.15, 0.2) is 24.3 Å². The fraction of sp³-hybridized carbons (Fsp3) is 0.588. The lowest BCUT2D eigenvalue weighted by Gasteiger charge is -2.28. The Morgan fingerprint density at radius 3 is 2.86 bits per heavy atom. The molecule has 1 aromatic carbocycles. The summed E-state index contributed by atoms with van der Waals surface area (Å²) in [6.07, 6.45) is 0.476. The van der Waals surface area contributed by atoms with Crippen molar-refractivity contribution in [3.05, 3.63) is 35.4 Å². The van der Waals surface area contributed by atoms with Gasteiger partial charge < -0.3 is 15.4 Å². The second kappa shape index (κ2) is 7.05. The minimum Gasteiger partial charge on any atom is -0.378 e. The Kier molecular flexibility index (Phi) is 5.37. The Balaban J connectivity index is 1.86. The molecule has 0 aromatic heterocycles. The number of amides is 1. The summed E-state index contributed by atoms with van der Waals surface area (Å²) in [5.74, 6) is 0.0830. The highest BCUT2D eigenvalue weighted by Crippen LogP contribution is 2.25. The normalized spacial score (nSPS) is 19.3. The van der Waals surface area contributed by atoms with Crippen LogP contribution in [0.3, 0.4) is 0 Å². The first-order valence-corrected chi connectivity index (χ1v) is 7.63. The molecule has 2 rings (SSSR count). The Labute approximate surface area is 127 Å². The van der Waals surface area contributed by atoms with Crippen molar-refractivity contribution >= 4 is 5.91 Å². The summed E-state index contributed by atoms with van der Waals surface area (Å²) >= 11 is 0. The van der Waals surface area contributed by atoms with Crippen molar-refractivity contribution in [2.45, 2.75) is 38.6 Å². The van der Waals surface area contributed by atoms with Gasteiger partial charge in [-0.3, -0.25) is 4.79 Å². The topological polar surface area (TPSA) is 50.4 Å². The van der Waals surface area contributed by atoms with E-state index >= 15 is 0 Å². The molecule has 0 radical (unpaired) electrons. The molecule has 116 valence electrons. The Morgan fingerprint density at radius 1 is 1.43 bits per heavy atom. The second-order valence-electron chi connectivity index (χ2n) is 6.41. The lowest BCUT2D eigenvalue weighted by atomic mass is 9.82. The van der Waals surface area contributed by atoms with E-state index in [2.05, 4.69) is 49.6 Å². The van der Waals surface area contributed by atoms with Gasteiger partial charge in [0.05, 0.1) is 13.2 Å². The molecule has 1 unspecified atom stereocenters. The first-order chi connectivity index (χ1) is 9.99. The van der Waals surface area contributed by atoms with E-state index < -0.39 is 0 Å². The van der Waals surface area contributed by atoms with E-state index in [-0.39, 0.29) is 17.4 Å². The molecule has 2 N–H and O–H groups in total. The van der Waals surface area contributed by atoms with Crippen molar-refractivity contribution in [1.82, 2.24) is 10.6 Å². The van der Waals surface area contributed by atoms with Crippen molar-refractivity contribution in [1.29, 1.82) is 0 Å². The summed E-state index contributed by atoms with van der Waals surface area (Å²) in [5.41, 5.74) is 2.47. The third-order valence-electron chi connectivity index (χ3n) is 4.03. The van der Waals surface area contributed by atoms with Crippen LogP contribution in [0.1, 0.15) is 31.4 Å². The number of rotatable bonds is 5. The molecule has 1 aromatic rings.